The van der Waals surface area contributed by atoms with E-state index in [0.29, 0.717) is 0 Å². The van der Waals surface area contributed by atoms with Crippen LogP contribution < -0.4 is 29.6 Å². The Balaban J connectivity index is 0. The average Bonchev–Trinajstić information content (AvgIpc) is 2.17. The molecule has 54 valence electrons. The molecular formula is C7H7NaO3. The summed E-state index contributed by atoms with van der Waals surface area (Å²) in [6.07, 6.45) is 3.67. The van der Waals surface area contributed by atoms with Crippen LogP contribution >= 0.6 is 0 Å². The maximum atomic E-state index is 9.92. The van der Waals surface area contributed by atoms with E-state index in [-0.39, 0.29) is 29.6 Å². The summed E-state index contributed by atoms with van der Waals surface area (Å²) >= 11 is 0. The van der Waals surface area contributed by atoms with Gasteiger partial charge in [0.2, 0.25) is 0 Å². The van der Waals surface area contributed by atoms with Crippen molar-refractivity contribution in [2.45, 2.75) is 6.92 Å². The molecule has 4 heteroatoms. The molecule has 0 amide bonds. The third-order valence-corrected chi connectivity index (χ3v) is 0.557. The third-order valence-electron chi connectivity index (χ3n) is 0.557. The summed E-state index contributed by atoms with van der Waals surface area (Å²) in [5.41, 5.74) is 0. The molecule has 1 aliphatic heterocycles. The zero-order chi connectivity index (χ0) is 7.98. The molecule has 0 atom stereocenters. The molecule has 0 bridgehead atoms. The number of rotatable bonds is 0. The van der Waals surface area contributed by atoms with E-state index >= 15 is 0 Å². The second-order valence-corrected chi connectivity index (χ2v) is 1.41. The summed E-state index contributed by atoms with van der Waals surface area (Å²) in [7, 11) is 0. The molecule has 0 N–H and O–H groups in total. The van der Waals surface area contributed by atoms with Crippen LogP contribution in [0.25, 0.3) is 0 Å². The molecule has 0 spiro atoms. The molecule has 3 nitrogen and oxygen atoms in total. The first-order valence-electron chi connectivity index (χ1n) is 2.64. The second kappa shape index (κ2) is 7.72. The van der Waals surface area contributed by atoms with Crippen molar-refractivity contribution in [3.8, 4) is 0 Å². The first kappa shape index (κ1) is 13.2. The zero-order valence-electron chi connectivity index (χ0n) is 6.53. The summed E-state index contributed by atoms with van der Waals surface area (Å²) in [6.45, 7) is 6.50. The van der Waals surface area contributed by atoms with Gasteiger partial charge in [0.15, 0.2) is 0 Å². The van der Waals surface area contributed by atoms with Crippen LogP contribution in [-0.4, -0.2) is 11.9 Å². The number of esters is 2. The number of hydrogen-bond acceptors (Lipinski definition) is 3. The normalized spacial score (nSPS) is 12.5. The Bertz CT molecular complexity index is 168. The number of hydrogen-bond donors (Lipinski definition) is 0. The van der Waals surface area contributed by atoms with E-state index in [1.807, 2.05) is 0 Å². The Morgan fingerprint density at radius 3 is 1.73 bits per heavy atom. The van der Waals surface area contributed by atoms with Crippen LogP contribution in [0.5, 0.6) is 0 Å². The van der Waals surface area contributed by atoms with Crippen molar-refractivity contribution < 1.29 is 43.9 Å². The van der Waals surface area contributed by atoms with Gasteiger partial charge in [-0.25, -0.2) is 9.59 Å². The van der Waals surface area contributed by atoms with Gasteiger partial charge in [-0.3, -0.25) is 6.08 Å². The topological polar surface area (TPSA) is 43.4 Å². The predicted molar refractivity (Wildman–Crippen MR) is 34.8 cm³/mol. The third kappa shape index (κ3) is 7.52. The molecule has 0 saturated carbocycles. The summed E-state index contributed by atoms with van der Waals surface area (Å²) in [5.74, 6) is -1.16. The van der Waals surface area contributed by atoms with Crippen molar-refractivity contribution in [3.05, 3.63) is 24.8 Å². The molecular weight excluding hydrogens is 155 g/mol. The smallest absolute Gasteiger partial charge is 0.518 e. The Hall–Kier alpha value is -0.380. The molecule has 0 saturated heterocycles. The van der Waals surface area contributed by atoms with Crippen LogP contribution in [0.15, 0.2) is 18.2 Å². The van der Waals surface area contributed by atoms with Gasteiger partial charge in [-0.2, -0.15) is 0 Å². The number of carbonyl (C=O) groups excluding carboxylic acids is 2. The maximum Gasteiger partial charge on any atom is 1.00 e. The maximum absolute atomic E-state index is 9.92. The molecule has 0 aromatic rings. The fourth-order valence-electron chi connectivity index (χ4n) is 0.303. The molecule has 0 radical (unpaired) electrons. The van der Waals surface area contributed by atoms with Crippen LogP contribution in [0.2, 0.25) is 0 Å². The summed E-state index contributed by atoms with van der Waals surface area (Å²) in [6, 6.07) is 0. The Morgan fingerprint density at radius 2 is 1.64 bits per heavy atom. The van der Waals surface area contributed by atoms with E-state index < -0.39 is 11.9 Å². The minimum absolute atomic E-state index is 0. The number of allylic oxidation sites excluding steroid dienone is 1. The molecule has 11 heavy (non-hydrogen) atoms. The average molecular weight is 162 g/mol. The molecule has 1 aliphatic rings. The van der Waals surface area contributed by atoms with E-state index in [2.05, 4.69) is 4.74 Å². The van der Waals surface area contributed by atoms with E-state index in [0.717, 1.165) is 12.2 Å². The Morgan fingerprint density at radius 1 is 1.36 bits per heavy atom. The monoisotopic (exact) mass is 162 g/mol. The minimum Gasteiger partial charge on any atom is -0.518 e. The van der Waals surface area contributed by atoms with Gasteiger partial charge in [0.25, 0.3) is 0 Å². The quantitative estimate of drug-likeness (QED) is 0.173. The SMILES string of the molecule is O=C1C=CC(=O)O1.[CH-]=CC.[Na+]. The van der Waals surface area contributed by atoms with Crippen LogP contribution in [0.3, 0.4) is 0 Å². The van der Waals surface area contributed by atoms with Gasteiger partial charge in [0, 0.05) is 12.2 Å². The van der Waals surface area contributed by atoms with Gasteiger partial charge in [-0.15, -0.1) is 0 Å². The first-order valence-corrected chi connectivity index (χ1v) is 2.64. The van der Waals surface area contributed by atoms with Gasteiger partial charge in [0.05, 0.1) is 0 Å². The van der Waals surface area contributed by atoms with E-state index in [4.69, 9.17) is 6.58 Å². The fraction of sp³-hybridized carbons (Fsp3) is 0.143. The molecule has 0 aromatic carbocycles. The van der Waals surface area contributed by atoms with Crippen LogP contribution in [-0.2, 0) is 14.3 Å². The van der Waals surface area contributed by atoms with Gasteiger partial charge in [0.1, 0.15) is 0 Å². The zero-order valence-corrected chi connectivity index (χ0v) is 8.53. The van der Waals surface area contributed by atoms with Crippen molar-refractivity contribution in [3.63, 3.8) is 0 Å². The van der Waals surface area contributed by atoms with Crippen molar-refractivity contribution in [2.24, 2.45) is 0 Å². The van der Waals surface area contributed by atoms with Gasteiger partial charge >= 0.3 is 41.5 Å². The first-order chi connectivity index (χ1) is 4.70. The Kier molecular flexibility index (Phi) is 9.29. The van der Waals surface area contributed by atoms with Gasteiger partial charge < -0.3 is 11.3 Å². The second-order valence-electron chi connectivity index (χ2n) is 1.41. The predicted octanol–water partition coefficient (Wildman–Crippen LogP) is -2.37. The van der Waals surface area contributed by atoms with E-state index in [9.17, 15) is 9.59 Å². The summed E-state index contributed by atoms with van der Waals surface area (Å²) in [5, 5.41) is 0. The van der Waals surface area contributed by atoms with Crippen molar-refractivity contribution in [2.75, 3.05) is 0 Å². The molecule has 1 heterocycles. The molecule has 1 rings (SSSR count). The van der Waals surface area contributed by atoms with Gasteiger partial charge in [-0.1, -0.05) is 6.92 Å². The number of carbonyl (C=O) groups is 2. The number of cyclic esters (lactones) is 2. The van der Waals surface area contributed by atoms with Crippen molar-refractivity contribution in [1.82, 2.24) is 0 Å². The molecule has 0 aromatic heterocycles. The Labute approximate surface area is 87.4 Å². The van der Waals surface area contributed by atoms with Crippen LogP contribution in [0.4, 0.5) is 0 Å². The van der Waals surface area contributed by atoms with Crippen LogP contribution in [0, 0.1) is 6.58 Å². The van der Waals surface area contributed by atoms with Gasteiger partial charge in [-0.05, 0) is 0 Å². The van der Waals surface area contributed by atoms with Crippen molar-refractivity contribution in [1.29, 1.82) is 0 Å². The fourth-order valence-corrected chi connectivity index (χ4v) is 0.303. The molecule has 0 unspecified atom stereocenters. The molecule has 0 fully saturated rings. The van der Waals surface area contributed by atoms with Crippen LogP contribution in [0.1, 0.15) is 6.92 Å². The van der Waals surface area contributed by atoms with E-state index in [1.54, 1.807) is 6.92 Å². The summed E-state index contributed by atoms with van der Waals surface area (Å²) < 4.78 is 3.97. The van der Waals surface area contributed by atoms with Crippen molar-refractivity contribution >= 4 is 11.9 Å². The summed E-state index contributed by atoms with van der Waals surface area (Å²) in [4.78, 5) is 19.8. The largest absolute Gasteiger partial charge is 1.00 e. The standard InChI is InChI=1S/C4H2O3.C3H5.Na/c5-3-1-2-4(6)7-3;1-3-2;/h1-2H;1,3H,2H3;/q;-1;+1. The number of ether oxygens (including phenoxy) is 1. The molecule has 0 aliphatic carbocycles. The minimum atomic E-state index is -0.579. The van der Waals surface area contributed by atoms with E-state index in [1.165, 1.54) is 6.08 Å².